The number of halogens is 2. The van der Waals surface area contributed by atoms with Gasteiger partial charge >= 0.3 is 0 Å². The van der Waals surface area contributed by atoms with Gasteiger partial charge < -0.3 is 9.30 Å². The highest BCUT2D eigenvalue weighted by molar-refractivity contribution is 6.36. The fourth-order valence-electron chi connectivity index (χ4n) is 3.59. The number of benzene rings is 2. The molecule has 132 valence electrons. The van der Waals surface area contributed by atoms with Gasteiger partial charge in [-0.15, -0.1) is 0 Å². The zero-order chi connectivity index (χ0) is 18.4. The van der Waals surface area contributed by atoms with Crippen LogP contribution in [0.15, 0.2) is 30.3 Å². The van der Waals surface area contributed by atoms with Crippen LogP contribution in [-0.4, -0.2) is 17.8 Å². The van der Waals surface area contributed by atoms with Gasteiger partial charge in [0, 0.05) is 46.0 Å². The van der Waals surface area contributed by atoms with Crippen molar-refractivity contribution >= 4 is 34.1 Å². The van der Waals surface area contributed by atoms with Crippen LogP contribution in [0.3, 0.4) is 0 Å². The van der Waals surface area contributed by atoms with Crippen LogP contribution in [0.1, 0.15) is 33.9 Å². The zero-order valence-corrected chi connectivity index (χ0v) is 16.2. The minimum atomic E-state index is 0.353. The van der Waals surface area contributed by atoms with Gasteiger partial charge in [0.25, 0.3) is 0 Å². The number of aromatic nitrogens is 1. The summed E-state index contributed by atoms with van der Waals surface area (Å²) in [5.74, 6) is 0.353. The molecule has 0 bridgehead atoms. The van der Waals surface area contributed by atoms with Crippen LogP contribution in [0.4, 0.5) is 0 Å². The lowest BCUT2D eigenvalue weighted by Gasteiger charge is -2.28. The first kappa shape index (κ1) is 17.4. The third kappa shape index (κ3) is 2.79. The molecule has 0 unspecified atom stereocenters. The third-order valence-electron chi connectivity index (χ3n) is 5.25. The molecular formula is C21H18Cl2N2O. The lowest BCUT2D eigenvalue weighted by molar-refractivity contribution is 0.00844. The van der Waals surface area contributed by atoms with Gasteiger partial charge in [0.2, 0.25) is 0 Å². The second-order valence-electron chi connectivity index (χ2n) is 6.87. The number of hydrogen-bond donors (Lipinski definition) is 0. The molecule has 5 heteroatoms. The number of nitriles is 1. The minimum Gasteiger partial charge on any atom is -0.380 e. The number of nitrogens with zero attached hydrogens (tertiary/aromatic N) is 2. The molecule has 1 aliphatic heterocycles. The molecule has 1 aliphatic rings. The van der Waals surface area contributed by atoms with Crippen molar-refractivity contribution in [2.24, 2.45) is 7.05 Å². The lowest BCUT2D eigenvalue weighted by atomic mass is 9.94. The smallest absolute Gasteiger partial charge is 0.0992 e. The van der Waals surface area contributed by atoms with Gasteiger partial charge in [-0.05, 0) is 47.9 Å². The molecule has 0 saturated carbocycles. The number of rotatable bonds is 3. The first-order valence-corrected chi connectivity index (χ1v) is 9.28. The highest BCUT2D eigenvalue weighted by atomic mass is 35.5. The Morgan fingerprint density at radius 3 is 2.65 bits per heavy atom. The van der Waals surface area contributed by atoms with Crippen molar-refractivity contribution < 1.29 is 4.74 Å². The summed E-state index contributed by atoms with van der Waals surface area (Å²) in [6.45, 7) is 3.46. The van der Waals surface area contributed by atoms with Crippen molar-refractivity contribution in [3.05, 3.63) is 68.3 Å². The van der Waals surface area contributed by atoms with Gasteiger partial charge in [-0.1, -0.05) is 29.3 Å². The topological polar surface area (TPSA) is 37.9 Å². The normalized spacial score (nSPS) is 14.4. The van der Waals surface area contributed by atoms with Crippen LogP contribution in [0.2, 0.25) is 10.0 Å². The molecule has 4 rings (SSSR count). The molecule has 3 nitrogen and oxygen atoms in total. The van der Waals surface area contributed by atoms with Gasteiger partial charge in [0.15, 0.2) is 0 Å². The summed E-state index contributed by atoms with van der Waals surface area (Å²) in [4.78, 5) is 0. The van der Waals surface area contributed by atoms with E-state index in [1.54, 1.807) is 0 Å². The Morgan fingerprint density at radius 1 is 1.23 bits per heavy atom. The fraction of sp³-hybridized carbons (Fsp3) is 0.286. The summed E-state index contributed by atoms with van der Waals surface area (Å²) < 4.78 is 7.42. The van der Waals surface area contributed by atoms with Crippen LogP contribution in [0, 0.1) is 18.3 Å². The van der Waals surface area contributed by atoms with Crippen molar-refractivity contribution in [1.82, 2.24) is 4.57 Å². The monoisotopic (exact) mass is 384 g/mol. The average molecular weight is 385 g/mol. The summed E-state index contributed by atoms with van der Waals surface area (Å²) in [7, 11) is 2.02. The van der Waals surface area contributed by atoms with E-state index in [9.17, 15) is 5.26 Å². The number of ether oxygens (including phenoxy) is 1. The Morgan fingerprint density at radius 2 is 2.00 bits per heavy atom. The summed E-state index contributed by atoms with van der Waals surface area (Å²) in [6, 6.07) is 12.2. The molecule has 0 spiro atoms. The lowest BCUT2D eigenvalue weighted by Crippen LogP contribution is -2.25. The predicted molar refractivity (Wildman–Crippen MR) is 105 cm³/mol. The maximum atomic E-state index is 9.23. The average Bonchev–Trinajstić information content (AvgIpc) is 2.89. The first-order chi connectivity index (χ1) is 12.5. The highest BCUT2D eigenvalue weighted by Crippen LogP contribution is 2.37. The van der Waals surface area contributed by atoms with Crippen molar-refractivity contribution in [1.29, 1.82) is 5.26 Å². The Hall–Kier alpha value is -1.99. The predicted octanol–water partition coefficient (Wildman–Crippen LogP) is 5.37. The van der Waals surface area contributed by atoms with E-state index in [0.29, 0.717) is 36.1 Å². The van der Waals surface area contributed by atoms with Crippen molar-refractivity contribution in [2.45, 2.75) is 19.3 Å². The van der Waals surface area contributed by atoms with E-state index in [1.165, 1.54) is 0 Å². The quantitative estimate of drug-likeness (QED) is 0.608. The summed E-state index contributed by atoms with van der Waals surface area (Å²) in [5.41, 5.74) is 5.99. The molecular weight excluding hydrogens is 367 g/mol. The van der Waals surface area contributed by atoms with Crippen molar-refractivity contribution in [2.75, 3.05) is 13.2 Å². The highest BCUT2D eigenvalue weighted by Gasteiger charge is 2.25. The van der Waals surface area contributed by atoms with E-state index in [2.05, 4.69) is 16.7 Å². The van der Waals surface area contributed by atoms with Crippen LogP contribution in [0.25, 0.3) is 10.9 Å². The van der Waals surface area contributed by atoms with Crippen LogP contribution < -0.4 is 0 Å². The molecule has 0 atom stereocenters. The Bertz CT molecular complexity index is 1060. The SMILES string of the molecule is Cc1cc(C#N)cc2c1cc(Cc1c(Cl)ccc(C3COC3)c1Cl)n2C. The molecule has 3 aromatic rings. The molecule has 2 heterocycles. The first-order valence-electron chi connectivity index (χ1n) is 8.53. The van der Waals surface area contributed by atoms with E-state index in [0.717, 1.165) is 38.3 Å². The molecule has 1 saturated heterocycles. The molecule has 2 aromatic carbocycles. The maximum Gasteiger partial charge on any atom is 0.0992 e. The van der Waals surface area contributed by atoms with E-state index < -0.39 is 0 Å². The van der Waals surface area contributed by atoms with Crippen molar-refractivity contribution in [3.63, 3.8) is 0 Å². The zero-order valence-electron chi connectivity index (χ0n) is 14.6. The summed E-state index contributed by atoms with van der Waals surface area (Å²) in [6.07, 6.45) is 0.644. The largest absolute Gasteiger partial charge is 0.380 e. The van der Waals surface area contributed by atoms with Crippen LogP contribution in [-0.2, 0) is 18.2 Å². The molecule has 0 amide bonds. The van der Waals surface area contributed by atoms with Gasteiger partial charge in [0.05, 0.1) is 24.8 Å². The number of hydrogen-bond acceptors (Lipinski definition) is 2. The standard InChI is InChI=1S/C21H18Cl2N2O/c1-12-5-13(9-24)6-20-17(12)7-15(25(20)2)8-18-19(22)4-3-16(21(18)23)14-10-26-11-14/h3-7,14H,8,10-11H2,1-2H3. The molecule has 0 N–H and O–H groups in total. The molecule has 0 aliphatic carbocycles. The fourth-order valence-corrected chi connectivity index (χ4v) is 4.25. The van der Waals surface area contributed by atoms with Crippen LogP contribution in [0.5, 0.6) is 0 Å². The van der Waals surface area contributed by atoms with Gasteiger partial charge in [0.1, 0.15) is 0 Å². The summed E-state index contributed by atoms with van der Waals surface area (Å²) in [5, 5.41) is 11.8. The van der Waals surface area contributed by atoms with Gasteiger partial charge in [-0.3, -0.25) is 0 Å². The number of fused-ring (bicyclic) bond motifs is 1. The van der Waals surface area contributed by atoms with Crippen LogP contribution >= 0.6 is 23.2 Å². The second kappa shape index (κ2) is 6.63. The second-order valence-corrected chi connectivity index (χ2v) is 7.66. The third-order valence-corrected chi connectivity index (χ3v) is 6.05. The Labute approximate surface area is 162 Å². The van der Waals surface area contributed by atoms with E-state index >= 15 is 0 Å². The van der Waals surface area contributed by atoms with Crippen molar-refractivity contribution in [3.8, 4) is 6.07 Å². The number of aryl methyl sites for hydroxylation is 2. The summed E-state index contributed by atoms with van der Waals surface area (Å²) >= 11 is 13.2. The van der Waals surface area contributed by atoms with E-state index in [4.69, 9.17) is 27.9 Å². The van der Waals surface area contributed by atoms with E-state index in [-0.39, 0.29) is 0 Å². The molecule has 26 heavy (non-hydrogen) atoms. The minimum absolute atomic E-state index is 0.353. The maximum absolute atomic E-state index is 9.23. The van der Waals surface area contributed by atoms with Gasteiger partial charge in [-0.25, -0.2) is 0 Å². The molecule has 1 aromatic heterocycles. The van der Waals surface area contributed by atoms with E-state index in [1.807, 2.05) is 38.2 Å². The van der Waals surface area contributed by atoms with Gasteiger partial charge in [-0.2, -0.15) is 5.26 Å². The Kier molecular flexibility index (Phi) is 4.44. The molecule has 0 radical (unpaired) electrons. The Balaban J connectivity index is 1.79. The molecule has 1 fully saturated rings.